The predicted molar refractivity (Wildman–Crippen MR) is 51.1 cm³/mol. The van der Waals surface area contributed by atoms with E-state index in [-0.39, 0.29) is 18.5 Å². The van der Waals surface area contributed by atoms with Crippen LogP contribution in [0.4, 0.5) is 0 Å². The summed E-state index contributed by atoms with van der Waals surface area (Å²) in [6.07, 6.45) is 0.400. The molecule has 0 N–H and O–H groups in total. The highest BCUT2D eigenvalue weighted by molar-refractivity contribution is 4.54. The fraction of sp³-hybridized carbons (Fsp3) is 1.00. The van der Waals surface area contributed by atoms with Gasteiger partial charge < -0.3 is 9.47 Å². The zero-order valence-electron chi connectivity index (χ0n) is 9.13. The van der Waals surface area contributed by atoms with Gasteiger partial charge in [-0.1, -0.05) is 13.8 Å². The van der Waals surface area contributed by atoms with Gasteiger partial charge in [0.05, 0.1) is 12.2 Å². The van der Waals surface area contributed by atoms with Crippen molar-refractivity contribution in [2.75, 3.05) is 0 Å². The van der Waals surface area contributed by atoms with Gasteiger partial charge in [0.1, 0.15) is 0 Å². The Morgan fingerprint density at radius 2 is 1.00 bits per heavy atom. The van der Waals surface area contributed by atoms with Gasteiger partial charge in [0.15, 0.2) is 6.29 Å². The third-order valence-electron chi connectivity index (χ3n) is 1.36. The van der Waals surface area contributed by atoms with Crippen molar-refractivity contribution in [2.24, 2.45) is 5.92 Å². The third kappa shape index (κ3) is 5.56. The first kappa shape index (κ1) is 11.9. The summed E-state index contributed by atoms with van der Waals surface area (Å²) < 4.78 is 11.2. The van der Waals surface area contributed by atoms with Gasteiger partial charge in [0.25, 0.3) is 0 Å². The molecule has 74 valence electrons. The Hall–Kier alpha value is -0.0800. The lowest BCUT2D eigenvalue weighted by molar-refractivity contribution is -0.201. The highest BCUT2D eigenvalue weighted by atomic mass is 16.7. The lowest BCUT2D eigenvalue weighted by Gasteiger charge is -2.25. The van der Waals surface area contributed by atoms with Crippen LogP contribution in [-0.2, 0) is 9.47 Å². The SMILES string of the molecule is CC(C)OC(OC(C)C)C(C)C. The molecular formula is C10H22O2. The van der Waals surface area contributed by atoms with E-state index in [9.17, 15) is 0 Å². The summed E-state index contributed by atoms with van der Waals surface area (Å²) in [6, 6.07) is 0. The van der Waals surface area contributed by atoms with E-state index in [1.54, 1.807) is 0 Å². The maximum absolute atomic E-state index is 5.60. The Labute approximate surface area is 76.3 Å². The summed E-state index contributed by atoms with van der Waals surface area (Å²) in [5, 5.41) is 0. The van der Waals surface area contributed by atoms with E-state index in [1.165, 1.54) is 0 Å². The second kappa shape index (κ2) is 5.55. The van der Waals surface area contributed by atoms with E-state index in [1.807, 2.05) is 27.7 Å². The fourth-order valence-electron chi connectivity index (χ4n) is 0.883. The summed E-state index contributed by atoms with van der Waals surface area (Å²) in [4.78, 5) is 0. The number of ether oxygens (including phenoxy) is 2. The summed E-state index contributed by atoms with van der Waals surface area (Å²) in [5.41, 5.74) is 0. The first-order valence-corrected chi connectivity index (χ1v) is 4.74. The smallest absolute Gasteiger partial charge is 0.160 e. The summed E-state index contributed by atoms with van der Waals surface area (Å²) in [5.74, 6) is 0.412. The van der Waals surface area contributed by atoms with Gasteiger partial charge >= 0.3 is 0 Å². The second-order valence-corrected chi connectivity index (χ2v) is 3.98. The maximum atomic E-state index is 5.60. The van der Waals surface area contributed by atoms with E-state index in [0.29, 0.717) is 5.92 Å². The van der Waals surface area contributed by atoms with Crippen LogP contribution < -0.4 is 0 Å². The minimum Gasteiger partial charge on any atom is -0.350 e. The van der Waals surface area contributed by atoms with Crippen LogP contribution in [0.3, 0.4) is 0 Å². The molecule has 0 rings (SSSR count). The van der Waals surface area contributed by atoms with Crippen LogP contribution >= 0.6 is 0 Å². The Balaban J connectivity index is 3.87. The molecule has 0 aromatic heterocycles. The van der Waals surface area contributed by atoms with Crippen molar-refractivity contribution < 1.29 is 9.47 Å². The summed E-state index contributed by atoms with van der Waals surface area (Å²) >= 11 is 0. The minimum atomic E-state index is -0.0648. The van der Waals surface area contributed by atoms with Crippen LogP contribution in [0.25, 0.3) is 0 Å². The topological polar surface area (TPSA) is 18.5 Å². The van der Waals surface area contributed by atoms with Crippen molar-refractivity contribution in [3.8, 4) is 0 Å². The van der Waals surface area contributed by atoms with Gasteiger partial charge in [-0.05, 0) is 27.7 Å². The van der Waals surface area contributed by atoms with E-state index >= 15 is 0 Å². The molecule has 0 atom stereocenters. The standard InChI is InChI=1S/C10H22O2/c1-7(2)10(11-8(3)4)12-9(5)6/h7-10H,1-6H3. The Kier molecular flexibility index (Phi) is 5.51. The zero-order chi connectivity index (χ0) is 9.72. The molecule has 0 aliphatic carbocycles. The van der Waals surface area contributed by atoms with Crippen molar-refractivity contribution in [3.63, 3.8) is 0 Å². The van der Waals surface area contributed by atoms with Crippen LogP contribution in [0.1, 0.15) is 41.5 Å². The molecule has 2 nitrogen and oxygen atoms in total. The molecule has 0 saturated heterocycles. The molecule has 0 radical (unpaired) electrons. The van der Waals surface area contributed by atoms with Gasteiger partial charge in [-0.25, -0.2) is 0 Å². The third-order valence-corrected chi connectivity index (χ3v) is 1.36. The largest absolute Gasteiger partial charge is 0.350 e. The molecule has 0 aromatic carbocycles. The predicted octanol–water partition coefficient (Wildman–Crippen LogP) is 2.82. The maximum Gasteiger partial charge on any atom is 0.160 e. The number of hydrogen-bond acceptors (Lipinski definition) is 2. The van der Waals surface area contributed by atoms with E-state index in [2.05, 4.69) is 13.8 Å². The average Bonchev–Trinajstić information content (AvgIpc) is 1.83. The van der Waals surface area contributed by atoms with Crippen LogP contribution in [-0.4, -0.2) is 18.5 Å². The van der Waals surface area contributed by atoms with Gasteiger partial charge in [-0.3, -0.25) is 0 Å². The lowest BCUT2D eigenvalue weighted by Crippen LogP contribution is -2.29. The molecular weight excluding hydrogens is 152 g/mol. The Morgan fingerprint density at radius 1 is 0.667 bits per heavy atom. The van der Waals surface area contributed by atoms with Gasteiger partial charge in [0.2, 0.25) is 0 Å². The van der Waals surface area contributed by atoms with Gasteiger partial charge in [0, 0.05) is 5.92 Å². The highest BCUT2D eigenvalue weighted by Crippen LogP contribution is 2.12. The highest BCUT2D eigenvalue weighted by Gasteiger charge is 2.16. The molecule has 0 aliphatic heterocycles. The van der Waals surface area contributed by atoms with E-state index in [0.717, 1.165) is 0 Å². The molecule has 0 spiro atoms. The molecule has 0 aliphatic rings. The fourth-order valence-corrected chi connectivity index (χ4v) is 0.883. The Morgan fingerprint density at radius 3 is 1.17 bits per heavy atom. The van der Waals surface area contributed by atoms with Crippen LogP contribution in [0, 0.1) is 5.92 Å². The molecule has 0 amide bonds. The normalized spacial score (nSPS) is 12.5. The van der Waals surface area contributed by atoms with Crippen LogP contribution in [0.5, 0.6) is 0 Å². The van der Waals surface area contributed by atoms with Crippen molar-refractivity contribution in [1.82, 2.24) is 0 Å². The van der Waals surface area contributed by atoms with Crippen LogP contribution in [0.2, 0.25) is 0 Å². The van der Waals surface area contributed by atoms with Crippen molar-refractivity contribution in [2.45, 2.75) is 60.0 Å². The Bertz CT molecular complexity index is 98.4. The van der Waals surface area contributed by atoms with E-state index < -0.39 is 0 Å². The molecule has 0 fully saturated rings. The molecule has 0 bridgehead atoms. The second-order valence-electron chi connectivity index (χ2n) is 3.98. The molecule has 2 heteroatoms. The molecule has 0 heterocycles. The number of hydrogen-bond donors (Lipinski definition) is 0. The first-order chi connectivity index (χ1) is 5.43. The lowest BCUT2D eigenvalue weighted by atomic mass is 10.2. The summed E-state index contributed by atoms with van der Waals surface area (Å²) in [7, 11) is 0. The first-order valence-electron chi connectivity index (χ1n) is 4.74. The summed E-state index contributed by atoms with van der Waals surface area (Å²) in [6.45, 7) is 12.3. The monoisotopic (exact) mass is 174 g/mol. The van der Waals surface area contributed by atoms with Gasteiger partial charge in [-0.2, -0.15) is 0 Å². The molecule has 0 aromatic rings. The molecule has 0 saturated carbocycles. The zero-order valence-corrected chi connectivity index (χ0v) is 9.13. The average molecular weight is 174 g/mol. The number of rotatable bonds is 5. The van der Waals surface area contributed by atoms with Gasteiger partial charge in [-0.15, -0.1) is 0 Å². The van der Waals surface area contributed by atoms with E-state index in [4.69, 9.17) is 9.47 Å². The molecule has 0 unspecified atom stereocenters. The van der Waals surface area contributed by atoms with Crippen LogP contribution in [0.15, 0.2) is 0 Å². The minimum absolute atomic E-state index is 0.0648. The van der Waals surface area contributed by atoms with Crippen molar-refractivity contribution >= 4 is 0 Å². The van der Waals surface area contributed by atoms with Crippen molar-refractivity contribution in [1.29, 1.82) is 0 Å². The van der Waals surface area contributed by atoms with Crippen molar-refractivity contribution in [3.05, 3.63) is 0 Å². The molecule has 12 heavy (non-hydrogen) atoms. The quantitative estimate of drug-likeness (QED) is 0.597.